The third-order valence-corrected chi connectivity index (χ3v) is 6.42. The molecule has 0 unspecified atom stereocenters. The number of alkyl carbamates (subject to hydrolysis) is 1. The summed E-state index contributed by atoms with van der Waals surface area (Å²) in [6.07, 6.45) is 2.89. The minimum absolute atomic E-state index is 0.0354. The Morgan fingerprint density at radius 1 is 1.34 bits per heavy atom. The second-order valence-electron chi connectivity index (χ2n) is 9.01. The number of methoxy groups -OCH3 is 1. The fourth-order valence-corrected chi connectivity index (χ4v) is 4.43. The van der Waals surface area contributed by atoms with Gasteiger partial charge < -0.3 is 35.1 Å². The van der Waals surface area contributed by atoms with Crippen LogP contribution in [-0.2, 0) is 14.2 Å². The van der Waals surface area contributed by atoms with Crippen molar-refractivity contribution in [1.82, 2.24) is 20.9 Å². The molecule has 0 aromatic heterocycles. The number of aryl methyl sites for hydroxylation is 1. The van der Waals surface area contributed by atoms with Crippen LogP contribution in [0.25, 0.3) is 0 Å². The Balaban J connectivity index is 1.94. The number of hydrogen-bond donors (Lipinski definition) is 3. The van der Waals surface area contributed by atoms with E-state index in [-0.39, 0.29) is 18.2 Å². The molecule has 198 valence electrons. The lowest BCUT2D eigenvalue weighted by molar-refractivity contribution is 0.0427. The standard InChI is InChI=1S/C25H41ClN4O5/c1-18-7-8-20(26)15-22(18)23(35-13-10-28-25(32)33-4)9-11-30(3)24(31)29-21(16-27-2)14-19-6-5-12-34-17-19/h7-8,15,19,21,23,27H,5-6,9-14,16-17H2,1-4H3,(H,28,32)(H,29,31)/t19-,21+,23+/m1/s1. The number of likely N-dealkylation sites (N-methyl/N-ethyl adjacent to an activating group) is 1. The molecule has 3 N–H and O–H groups in total. The molecular weight excluding hydrogens is 472 g/mol. The van der Waals surface area contributed by atoms with Crippen molar-refractivity contribution in [3.05, 3.63) is 34.3 Å². The van der Waals surface area contributed by atoms with E-state index < -0.39 is 6.09 Å². The first-order chi connectivity index (χ1) is 16.8. The predicted octanol–water partition coefficient (Wildman–Crippen LogP) is 3.50. The van der Waals surface area contributed by atoms with Crippen LogP contribution in [-0.4, -0.2) is 83.7 Å². The van der Waals surface area contributed by atoms with Gasteiger partial charge in [-0.15, -0.1) is 0 Å². The van der Waals surface area contributed by atoms with Crippen molar-refractivity contribution in [2.75, 3.05) is 60.7 Å². The maximum atomic E-state index is 12.9. The normalized spacial score (nSPS) is 17.3. The molecule has 1 aromatic carbocycles. The fourth-order valence-electron chi connectivity index (χ4n) is 4.25. The second-order valence-corrected chi connectivity index (χ2v) is 9.45. The Kier molecular flexibility index (Phi) is 13.2. The van der Waals surface area contributed by atoms with Crippen LogP contribution < -0.4 is 16.0 Å². The number of nitrogens with one attached hydrogen (secondary N) is 3. The Hall–Kier alpha value is -2.07. The van der Waals surface area contributed by atoms with E-state index in [4.69, 9.17) is 21.1 Å². The number of nitrogens with zero attached hydrogens (tertiary/aromatic N) is 1. The molecule has 0 bridgehead atoms. The lowest BCUT2D eigenvalue weighted by atomic mass is 9.94. The van der Waals surface area contributed by atoms with E-state index in [2.05, 4.69) is 20.7 Å². The van der Waals surface area contributed by atoms with Crippen molar-refractivity contribution in [2.45, 2.75) is 44.8 Å². The molecule has 0 aliphatic carbocycles. The maximum absolute atomic E-state index is 12.9. The molecule has 1 saturated heterocycles. The summed E-state index contributed by atoms with van der Waals surface area (Å²) in [6.45, 7) is 5.40. The molecule has 10 heteroatoms. The Bertz CT molecular complexity index is 791. The number of benzene rings is 1. The molecule has 1 aliphatic rings. The van der Waals surface area contributed by atoms with Crippen LogP contribution in [0.1, 0.15) is 42.9 Å². The van der Waals surface area contributed by atoms with Crippen molar-refractivity contribution >= 4 is 23.7 Å². The van der Waals surface area contributed by atoms with Gasteiger partial charge in [0.2, 0.25) is 0 Å². The first kappa shape index (κ1) is 29.2. The maximum Gasteiger partial charge on any atom is 0.406 e. The van der Waals surface area contributed by atoms with Crippen LogP contribution in [0.3, 0.4) is 0 Å². The van der Waals surface area contributed by atoms with Crippen LogP contribution >= 0.6 is 11.6 Å². The van der Waals surface area contributed by atoms with Gasteiger partial charge >= 0.3 is 12.1 Å². The van der Waals surface area contributed by atoms with Gasteiger partial charge in [0.05, 0.1) is 19.8 Å². The third-order valence-electron chi connectivity index (χ3n) is 6.19. The highest BCUT2D eigenvalue weighted by molar-refractivity contribution is 6.30. The highest BCUT2D eigenvalue weighted by Crippen LogP contribution is 2.27. The summed E-state index contributed by atoms with van der Waals surface area (Å²) in [5.74, 6) is 0.467. The number of rotatable bonds is 13. The molecule has 1 heterocycles. The van der Waals surface area contributed by atoms with Crippen LogP contribution in [0.2, 0.25) is 5.02 Å². The first-order valence-electron chi connectivity index (χ1n) is 12.3. The van der Waals surface area contributed by atoms with Gasteiger partial charge in [0.1, 0.15) is 0 Å². The zero-order chi connectivity index (χ0) is 25.6. The molecule has 3 amide bonds. The molecule has 9 nitrogen and oxygen atoms in total. The number of amides is 3. The molecule has 1 aromatic rings. The smallest absolute Gasteiger partial charge is 0.406 e. The van der Waals surface area contributed by atoms with Crippen LogP contribution in [0.4, 0.5) is 9.59 Å². The van der Waals surface area contributed by atoms with Crippen LogP contribution in [0.15, 0.2) is 18.2 Å². The van der Waals surface area contributed by atoms with Crippen molar-refractivity contribution in [3.63, 3.8) is 0 Å². The summed E-state index contributed by atoms with van der Waals surface area (Å²) >= 11 is 6.24. The third kappa shape index (κ3) is 10.6. The first-order valence-corrected chi connectivity index (χ1v) is 12.6. The van der Waals surface area contributed by atoms with Crippen molar-refractivity contribution in [1.29, 1.82) is 0 Å². The van der Waals surface area contributed by atoms with E-state index >= 15 is 0 Å². The molecular formula is C25H41ClN4O5. The minimum Gasteiger partial charge on any atom is -0.453 e. The number of carbonyl (C=O) groups is 2. The molecule has 3 atom stereocenters. The van der Waals surface area contributed by atoms with Crippen molar-refractivity contribution in [3.8, 4) is 0 Å². The van der Waals surface area contributed by atoms with Crippen LogP contribution in [0, 0.1) is 12.8 Å². The zero-order valence-corrected chi connectivity index (χ0v) is 22.2. The SMILES string of the molecule is CNC[C@H](C[C@H]1CCCOC1)NC(=O)N(C)CC[C@H](OCCNC(=O)OC)c1cc(Cl)ccc1C. The highest BCUT2D eigenvalue weighted by atomic mass is 35.5. The Morgan fingerprint density at radius 2 is 2.14 bits per heavy atom. The number of urea groups is 1. The molecule has 0 radical (unpaired) electrons. The summed E-state index contributed by atoms with van der Waals surface area (Å²) in [4.78, 5) is 25.9. The van der Waals surface area contributed by atoms with E-state index in [1.165, 1.54) is 7.11 Å². The molecule has 1 fully saturated rings. The van der Waals surface area contributed by atoms with E-state index in [1.807, 2.05) is 32.2 Å². The fraction of sp³-hybridized carbons (Fsp3) is 0.680. The molecule has 2 rings (SSSR count). The number of carbonyl (C=O) groups excluding carboxylic acids is 2. The summed E-state index contributed by atoms with van der Waals surface area (Å²) in [7, 11) is 5.00. The minimum atomic E-state index is -0.503. The molecule has 0 saturated carbocycles. The van der Waals surface area contributed by atoms with Gasteiger partial charge in [0, 0.05) is 51.0 Å². The van der Waals surface area contributed by atoms with Gasteiger partial charge in [-0.25, -0.2) is 9.59 Å². The summed E-state index contributed by atoms with van der Waals surface area (Å²) in [6, 6.07) is 5.61. The Labute approximate surface area is 214 Å². The average Bonchev–Trinajstić information content (AvgIpc) is 2.85. The van der Waals surface area contributed by atoms with E-state index in [9.17, 15) is 9.59 Å². The van der Waals surface area contributed by atoms with Gasteiger partial charge in [-0.05, 0) is 68.8 Å². The average molecular weight is 513 g/mol. The topological polar surface area (TPSA) is 101 Å². The van der Waals surface area contributed by atoms with Gasteiger partial charge in [-0.1, -0.05) is 17.7 Å². The van der Waals surface area contributed by atoms with Crippen molar-refractivity contribution in [2.24, 2.45) is 5.92 Å². The largest absolute Gasteiger partial charge is 0.453 e. The second kappa shape index (κ2) is 15.8. The summed E-state index contributed by atoms with van der Waals surface area (Å²) in [5, 5.41) is 9.58. The lowest BCUT2D eigenvalue weighted by Gasteiger charge is -2.29. The van der Waals surface area contributed by atoms with E-state index in [0.29, 0.717) is 43.6 Å². The number of ether oxygens (including phenoxy) is 3. The lowest BCUT2D eigenvalue weighted by Crippen LogP contribution is -2.48. The Morgan fingerprint density at radius 3 is 2.83 bits per heavy atom. The quantitative estimate of drug-likeness (QED) is 0.350. The van der Waals surface area contributed by atoms with E-state index in [1.54, 1.807) is 11.9 Å². The van der Waals surface area contributed by atoms with Gasteiger partial charge in [0.15, 0.2) is 0 Å². The van der Waals surface area contributed by atoms with Gasteiger partial charge in [0.25, 0.3) is 0 Å². The van der Waals surface area contributed by atoms with Gasteiger partial charge in [-0.2, -0.15) is 0 Å². The summed E-state index contributed by atoms with van der Waals surface area (Å²) < 4.78 is 16.3. The number of hydrogen-bond acceptors (Lipinski definition) is 6. The molecule has 0 spiro atoms. The summed E-state index contributed by atoms with van der Waals surface area (Å²) in [5.41, 5.74) is 2.02. The van der Waals surface area contributed by atoms with Crippen molar-refractivity contribution < 1.29 is 23.8 Å². The molecule has 35 heavy (non-hydrogen) atoms. The monoisotopic (exact) mass is 512 g/mol. The van der Waals surface area contributed by atoms with E-state index in [0.717, 1.165) is 43.6 Å². The highest BCUT2D eigenvalue weighted by Gasteiger charge is 2.23. The zero-order valence-electron chi connectivity index (χ0n) is 21.4. The van der Waals surface area contributed by atoms with Gasteiger partial charge in [-0.3, -0.25) is 0 Å². The molecule has 1 aliphatic heterocycles. The predicted molar refractivity (Wildman–Crippen MR) is 137 cm³/mol. The van der Waals surface area contributed by atoms with Crippen LogP contribution in [0.5, 0.6) is 0 Å². The number of halogens is 1.